The molecule has 0 radical (unpaired) electrons. The highest BCUT2D eigenvalue weighted by atomic mass is 16.6. The standard InChI is InChI=1S/C76H148O6/c1-4-7-10-13-16-19-22-25-28-30-32-34-36-37-38-39-41-42-44-46-48-51-54-57-60-63-66-69-75(78)81-72-73(71-80-74(77)68-65-62-59-56-53-50-27-24-21-18-15-12-9-6-3)82-76(79)70-67-64-61-58-55-52-49-47-45-43-40-35-33-31-29-26-23-20-17-14-11-8-5-2/h73H,4-72H2,1-3H3. The molecule has 6 heteroatoms. The summed E-state index contributed by atoms with van der Waals surface area (Å²) in [4.78, 5) is 38.5. The normalized spacial score (nSPS) is 11.9. The number of hydrogen-bond acceptors (Lipinski definition) is 6. The third-order valence-electron chi connectivity index (χ3n) is 17.9. The van der Waals surface area contributed by atoms with Gasteiger partial charge in [-0.15, -0.1) is 0 Å². The highest BCUT2D eigenvalue weighted by Gasteiger charge is 2.20. The first kappa shape index (κ1) is 80.4. The van der Waals surface area contributed by atoms with E-state index >= 15 is 0 Å². The summed E-state index contributed by atoms with van der Waals surface area (Å²) in [5, 5.41) is 0. The molecule has 0 rings (SSSR count). The van der Waals surface area contributed by atoms with Gasteiger partial charge in [0.25, 0.3) is 0 Å². The molecular weight excluding hydrogens is 1010 g/mol. The van der Waals surface area contributed by atoms with Crippen LogP contribution in [0, 0.1) is 0 Å². The van der Waals surface area contributed by atoms with Gasteiger partial charge in [-0.05, 0) is 19.3 Å². The third-order valence-corrected chi connectivity index (χ3v) is 17.9. The van der Waals surface area contributed by atoms with E-state index in [0.717, 1.165) is 57.8 Å². The second-order valence-electron chi connectivity index (χ2n) is 26.3. The molecule has 0 aromatic rings. The van der Waals surface area contributed by atoms with Crippen LogP contribution in [-0.4, -0.2) is 37.2 Å². The average molecular weight is 1160 g/mol. The van der Waals surface area contributed by atoms with E-state index in [1.54, 1.807) is 0 Å². The molecule has 0 saturated heterocycles. The molecule has 6 nitrogen and oxygen atoms in total. The molecule has 0 aliphatic heterocycles. The van der Waals surface area contributed by atoms with Crippen LogP contribution >= 0.6 is 0 Å². The fourth-order valence-corrected chi connectivity index (χ4v) is 12.2. The van der Waals surface area contributed by atoms with Crippen molar-refractivity contribution in [3.63, 3.8) is 0 Å². The monoisotopic (exact) mass is 1160 g/mol. The molecule has 1 atom stereocenters. The Balaban J connectivity index is 4.17. The summed E-state index contributed by atoms with van der Waals surface area (Å²) in [6.45, 7) is 6.75. The smallest absolute Gasteiger partial charge is 0.306 e. The second-order valence-corrected chi connectivity index (χ2v) is 26.3. The van der Waals surface area contributed by atoms with Crippen LogP contribution in [-0.2, 0) is 28.6 Å². The lowest BCUT2D eigenvalue weighted by molar-refractivity contribution is -0.167. The van der Waals surface area contributed by atoms with E-state index in [4.69, 9.17) is 14.2 Å². The highest BCUT2D eigenvalue weighted by Crippen LogP contribution is 2.20. The lowest BCUT2D eigenvalue weighted by atomic mass is 10.0. The predicted molar refractivity (Wildman–Crippen MR) is 358 cm³/mol. The summed E-state index contributed by atoms with van der Waals surface area (Å²) in [5.41, 5.74) is 0. The Morgan fingerprint density at radius 3 is 0.488 bits per heavy atom. The van der Waals surface area contributed by atoms with Crippen molar-refractivity contribution in [3.05, 3.63) is 0 Å². The van der Waals surface area contributed by atoms with Crippen molar-refractivity contribution in [2.75, 3.05) is 13.2 Å². The van der Waals surface area contributed by atoms with Gasteiger partial charge in [-0.2, -0.15) is 0 Å². The number of carbonyl (C=O) groups excluding carboxylic acids is 3. The van der Waals surface area contributed by atoms with E-state index in [2.05, 4.69) is 20.8 Å². The van der Waals surface area contributed by atoms with Gasteiger partial charge in [0.2, 0.25) is 0 Å². The van der Waals surface area contributed by atoms with Crippen LogP contribution in [0.3, 0.4) is 0 Å². The largest absolute Gasteiger partial charge is 0.462 e. The SMILES string of the molecule is CCCCCCCCCCCCCCCCCCCCCCCCCCCCCC(=O)OCC(COC(=O)CCCCCCCCCCCCCCCC)OC(=O)CCCCCCCCCCCCCCCCCCCCCCCCC. The maximum Gasteiger partial charge on any atom is 0.306 e. The number of carbonyl (C=O) groups is 3. The van der Waals surface area contributed by atoms with Crippen molar-refractivity contribution in [1.82, 2.24) is 0 Å². The van der Waals surface area contributed by atoms with E-state index in [-0.39, 0.29) is 31.1 Å². The molecule has 0 N–H and O–H groups in total. The lowest BCUT2D eigenvalue weighted by Crippen LogP contribution is -2.30. The predicted octanol–water partition coefficient (Wildman–Crippen LogP) is 26.2. The Morgan fingerprint density at radius 2 is 0.329 bits per heavy atom. The van der Waals surface area contributed by atoms with Gasteiger partial charge in [0, 0.05) is 19.3 Å². The van der Waals surface area contributed by atoms with Crippen LogP contribution in [0.15, 0.2) is 0 Å². The average Bonchev–Trinajstić information content (AvgIpc) is 3.48. The van der Waals surface area contributed by atoms with E-state index in [9.17, 15) is 14.4 Å². The van der Waals surface area contributed by atoms with Crippen LogP contribution < -0.4 is 0 Å². The summed E-state index contributed by atoms with van der Waals surface area (Å²) in [6, 6.07) is 0. The van der Waals surface area contributed by atoms with Gasteiger partial charge >= 0.3 is 17.9 Å². The van der Waals surface area contributed by atoms with Crippen molar-refractivity contribution in [2.24, 2.45) is 0 Å². The van der Waals surface area contributed by atoms with Crippen LogP contribution in [0.5, 0.6) is 0 Å². The molecule has 0 aliphatic rings. The summed E-state index contributed by atoms with van der Waals surface area (Å²) >= 11 is 0. The van der Waals surface area contributed by atoms with Gasteiger partial charge in [0.1, 0.15) is 13.2 Å². The third kappa shape index (κ3) is 69.2. The van der Waals surface area contributed by atoms with Crippen LogP contribution in [0.2, 0.25) is 0 Å². The Morgan fingerprint density at radius 1 is 0.195 bits per heavy atom. The fourth-order valence-electron chi connectivity index (χ4n) is 12.2. The minimum atomic E-state index is -0.764. The Hall–Kier alpha value is -1.59. The molecule has 0 amide bonds. The quantitative estimate of drug-likeness (QED) is 0.0343. The summed E-state index contributed by atoms with van der Waals surface area (Å²) in [5.74, 6) is -0.816. The molecule has 0 aromatic carbocycles. The molecule has 0 aliphatic carbocycles. The van der Waals surface area contributed by atoms with E-state index in [1.807, 2.05) is 0 Å². The zero-order chi connectivity index (χ0) is 59.2. The number of unbranched alkanes of at least 4 members (excludes halogenated alkanes) is 61. The maximum absolute atomic E-state index is 13.0. The first-order valence-corrected chi connectivity index (χ1v) is 38.0. The van der Waals surface area contributed by atoms with E-state index in [0.29, 0.717) is 19.3 Å². The molecule has 82 heavy (non-hydrogen) atoms. The fraction of sp³-hybridized carbons (Fsp3) is 0.961. The molecule has 0 aromatic heterocycles. The Labute approximate surface area is 514 Å². The minimum absolute atomic E-state index is 0.0599. The van der Waals surface area contributed by atoms with Gasteiger partial charge in [0.15, 0.2) is 6.10 Å². The topological polar surface area (TPSA) is 78.9 Å². The van der Waals surface area contributed by atoms with Crippen molar-refractivity contribution in [1.29, 1.82) is 0 Å². The molecule has 0 bridgehead atoms. The number of esters is 3. The second kappa shape index (κ2) is 71.9. The molecule has 0 saturated carbocycles. The molecule has 0 heterocycles. The maximum atomic E-state index is 13.0. The molecular formula is C76H148O6. The Kier molecular flexibility index (Phi) is 70.5. The zero-order valence-electron chi connectivity index (χ0n) is 56.3. The lowest BCUT2D eigenvalue weighted by Gasteiger charge is -2.18. The summed E-state index contributed by atoms with van der Waals surface area (Å²) in [7, 11) is 0. The van der Waals surface area contributed by atoms with Gasteiger partial charge < -0.3 is 14.2 Å². The number of ether oxygens (including phenoxy) is 3. The molecule has 0 fully saturated rings. The van der Waals surface area contributed by atoms with Gasteiger partial charge in [-0.3, -0.25) is 14.4 Å². The molecule has 1 unspecified atom stereocenters. The van der Waals surface area contributed by atoms with Crippen molar-refractivity contribution in [2.45, 2.75) is 457 Å². The van der Waals surface area contributed by atoms with Gasteiger partial charge in [-0.1, -0.05) is 412 Å². The van der Waals surface area contributed by atoms with E-state index in [1.165, 1.54) is 353 Å². The number of rotatable bonds is 72. The summed E-state index contributed by atoms with van der Waals surface area (Å²) in [6.07, 6.45) is 85.8. The first-order valence-electron chi connectivity index (χ1n) is 38.0. The van der Waals surface area contributed by atoms with Crippen LogP contribution in [0.25, 0.3) is 0 Å². The van der Waals surface area contributed by atoms with Gasteiger partial charge in [-0.25, -0.2) is 0 Å². The van der Waals surface area contributed by atoms with Crippen LogP contribution in [0.1, 0.15) is 451 Å². The molecule has 0 spiro atoms. The van der Waals surface area contributed by atoms with Crippen molar-refractivity contribution >= 4 is 17.9 Å². The Bertz CT molecular complexity index is 1240. The van der Waals surface area contributed by atoms with Crippen LogP contribution in [0.4, 0.5) is 0 Å². The summed E-state index contributed by atoms with van der Waals surface area (Å²) < 4.78 is 17.0. The van der Waals surface area contributed by atoms with Crippen molar-refractivity contribution < 1.29 is 28.6 Å². The zero-order valence-corrected chi connectivity index (χ0v) is 56.3. The van der Waals surface area contributed by atoms with E-state index < -0.39 is 6.10 Å². The molecule has 488 valence electrons. The van der Waals surface area contributed by atoms with Gasteiger partial charge in [0.05, 0.1) is 0 Å². The first-order chi connectivity index (χ1) is 40.5. The van der Waals surface area contributed by atoms with Crippen molar-refractivity contribution in [3.8, 4) is 0 Å². The number of hydrogen-bond donors (Lipinski definition) is 0. The highest BCUT2D eigenvalue weighted by molar-refractivity contribution is 5.71. The minimum Gasteiger partial charge on any atom is -0.462 e.